The van der Waals surface area contributed by atoms with Gasteiger partial charge in [-0.3, -0.25) is 10.1 Å². The van der Waals surface area contributed by atoms with Crippen molar-refractivity contribution in [3.63, 3.8) is 0 Å². The molecule has 0 saturated carbocycles. The Balaban J connectivity index is 2.48. The summed E-state index contributed by atoms with van der Waals surface area (Å²) >= 11 is 5.96. The fraction of sp³-hybridized carbons (Fsp3) is 0.143. The number of hydrogen-bond acceptors (Lipinski definition) is 4. The first-order chi connectivity index (χ1) is 9.50. The van der Waals surface area contributed by atoms with Crippen molar-refractivity contribution in [2.75, 3.05) is 0 Å². The van der Waals surface area contributed by atoms with Crippen LogP contribution >= 0.6 is 11.6 Å². The van der Waals surface area contributed by atoms with Gasteiger partial charge in [-0.25, -0.2) is 0 Å². The van der Waals surface area contributed by atoms with Gasteiger partial charge in [-0.1, -0.05) is 35.9 Å². The number of rotatable bonds is 4. The molecule has 0 fully saturated rings. The van der Waals surface area contributed by atoms with Gasteiger partial charge in [0.25, 0.3) is 0 Å². The summed E-state index contributed by atoms with van der Waals surface area (Å²) in [6, 6.07) is 11.1. The van der Waals surface area contributed by atoms with Crippen molar-refractivity contribution in [2.24, 2.45) is 0 Å². The minimum Gasteiger partial charge on any atom is -0.448 e. The molecule has 0 aliphatic carbocycles. The van der Waals surface area contributed by atoms with Crippen molar-refractivity contribution < 1.29 is 14.8 Å². The van der Waals surface area contributed by atoms with E-state index in [1.807, 2.05) is 0 Å². The zero-order valence-corrected chi connectivity index (χ0v) is 11.4. The van der Waals surface area contributed by atoms with Crippen LogP contribution in [-0.4, -0.2) is 10.0 Å². The molecule has 0 radical (unpaired) electrons. The monoisotopic (exact) mass is 293 g/mol. The summed E-state index contributed by atoms with van der Waals surface area (Å²) in [6.07, 6.45) is -0.757. The van der Waals surface area contributed by atoms with Gasteiger partial charge < -0.3 is 9.84 Å². The average Bonchev–Trinajstić information content (AvgIpc) is 2.41. The molecule has 2 aromatic rings. The topological polar surface area (TPSA) is 72.6 Å². The molecule has 0 heterocycles. The third kappa shape index (κ3) is 2.89. The highest BCUT2D eigenvalue weighted by atomic mass is 35.5. The molecule has 0 spiro atoms. The second-order valence-electron chi connectivity index (χ2n) is 4.16. The van der Waals surface area contributed by atoms with Crippen molar-refractivity contribution in [1.29, 1.82) is 0 Å². The van der Waals surface area contributed by atoms with Crippen LogP contribution in [-0.2, 0) is 0 Å². The van der Waals surface area contributed by atoms with Gasteiger partial charge in [0, 0.05) is 11.6 Å². The Morgan fingerprint density at radius 3 is 2.60 bits per heavy atom. The highest BCUT2D eigenvalue weighted by molar-refractivity contribution is 6.32. The van der Waals surface area contributed by atoms with Gasteiger partial charge in [0.2, 0.25) is 5.75 Å². The lowest BCUT2D eigenvalue weighted by atomic mass is 10.1. The van der Waals surface area contributed by atoms with Crippen LogP contribution in [0.25, 0.3) is 0 Å². The number of nitro groups is 1. The van der Waals surface area contributed by atoms with Crippen LogP contribution < -0.4 is 4.74 Å². The van der Waals surface area contributed by atoms with Crippen LogP contribution in [0.15, 0.2) is 42.5 Å². The fourth-order valence-corrected chi connectivity index (χ4v) is 1.98. The van der Waals surface area contributed by atoms with E-state index in [9.17, 15) is 15.2 Å². The van der Waals surface area contributed by atoms with Gasteiger partial charge in [0.1, 0.15) is 5.75 Å². The van der Waals surface area contributed by atoms with Crippen LogP contribution in [0.1, 0.15) is 18.6 Å². The third-order valence-electron chi connectivity index (χ3n) is 2.72. The summed E-state index contributed by atoms with van der Waals surface area (Å²) < 4.78 is 5.56. The summed E-state index contributed by atoms with van der Waals surface area (Å²) in [4.78, 5) is 10.4. The second kappa shape index (κ2) is 5.90. The lowest BCUT2D eigenvalue weighted by Gasteiger charge is -2.13. The third-order valence-corrected chi connectivity index (χ3v) is 3.02. The highest BCUT2D eigenvalue weighted by Gasteiger charge is 2.20. The zero-order valence-electron chi connectivity index (χ0n) is 10.6. The highest BCUT2D eigenvalue weighted by Crippen LogP contribution is 2.39. The van der Waals surface area contributed by atoms with Crippen molar-refractivity contribution in [3.05, 3.63) is 63.2 Å². The number of aliphatic hydroxyl groups excluding tert-OH is 1. The molecule has 1 atom stereocenters. The summed E-state index contributed by atoms with van der Waals surface area (Å²) in [7, 11) is 0. The van der Waals surface area contributed by atoms with E-state index in [2.05, 4.69) is 0 Å². The molecule has 0 aliphatic rings. The van der Waals surface area contributed by atoms with E-state index < -0.39 is 11.0 Å². The Bertz CT molecular complexity index is 643. The smallest absolute Gasteiger partial charge is 0.313 e. The first-order valence-electron chi connectivity index (χ1n) is 5.88. The molecule has 1 N–H and O–H groups in total. The molecule has 0 bridgehead atoms. The molecule has 0 saturated heterocycles. The molecule has 2 aromatic carbocycles. The van der Waals surface area contributed by atoms with Gasteiger partial charge >= 0.3 is 5.69 Å². The molecular formula is C14H12ClNO4. The lowest BCUT2D eigenvalue weighted by molar-refractivity contribution is -0.385. The van der Waals surface area contributed by atoms with E-state index in [0.717, 1.165) is 0 Å². The maximum Gasteiger partial charge on any atom is 0.313 e. The Kier molecular flexibility index (Phi) is 4.22. The maximum absolute atomic E-state index is 11.0. The summed E-state index contributed by atoms with van der Waals surface area (Å²) in [5, 5.41) is 20.8. The van der Waals surface area contributed by atoms with Gasteiger partial charge in [0.15, 0.2) is 0 Å². The van der Waals surface area contributed by atoms with Crippen LogP contribution in [0.4, 0.5) is 5.69 Å². The lowest BCUT2D eigenvalue weighted by Crippen LogP contribution is -1.98. The van der Waals surface area contributed by atoms with E-state index in [-0.39, 0.29) is 16.5 Å². The van der Waals surface area contributed by atoms with Gasteiger partial charge in [-0.15, -0.1) is 0 Å². The first-order valence-corrected chi connectivity index (χ1v) is 6.26. The molecule has 2 rings (SSSR count). The quantitative estimate of drug-likeness (QED) is 0.680. The second-order valence-corrected chi connectivity index (χ2v) is 4.57. The van der Waals surface area contributed by atoms with E-state index in [1.165, 1.54) is 18.2 Å². The van der Waals surface area contributed by atoms with Crippen LogP contribution in [0.3, 0.4) is 0 Å². The summed E-state index contributed by atoms with van der Waals surface area (Å²) in [5.74, 6) is 0.297. The number of aliphatic hydroxyl groups is 1. The number of ether oxygens (including phenoxy) is 1. The summed E-state index contributed by atoms with van der Waals surface area (Å²) in [5.41, 5.74) is 0.305. The van der Waals surface area contributed by atoms with Gasteiger partial charge in [-0.05, 0) is 19.1 Å². The number of halogens is 1. The van der Waals surface area contributed by atoms with Gasteiger partial charge in [-0.2, -0.15) is 0 Å². The van der Waals surface area contributed by atoms with Crippen molar-refractivity contribution in [2.45, 2.75) is 13.0 Å². The number of benzene rings is 2. The molecule has 104 valence electrons. The maximum atomic E-state index is 11.0. The predicted octanol–water partition coefficient (Wildman–Crippen LogP) is 4.09. The molecule has 20 heavy (non-hydrogen) atoms. The summed E-state index contributed by atoms with van der Waals surface area (Å²) in [6.45, 7) is 1.59. The fourth-order valence-electron chi connectivity index (χ4n) is 1.77. The zero-order chi connectivity index (χ0) is 14.7. The Morgan fingerprint density at radius 1 is 1.25 bits per heavy atom. The van der Waals surface area contributed by atoms with Crippen molar-refractivity contribution in [1.82, 2.24) is 0 Å². The minimum absolute atomic E-state index is 0.0349. The minimum atomic E-state index is -0.757. The van der Waals surface area contributed by atoms with Crippen LogP contribution in [0.5, 0.6) is 11.5 Å². The predicted molar refractivity (Wildman–Crippen MR) is 75.3 cm³/mol. The van der Waals surface area contributed by atoms with E-state index in [1.54, 1.807) is 31.2 Å². The van der Waals surface area contributed by atoms with Crippen molar-refractivity contribution >= 4 is 17.3 Å². The van der Waals surface area contributed by atoms with E-state index >= 15 is 0 Å². The van der Waals surface area contributed by atoms with Gasteiger partial charge in [0.05, 0.1) is 16.0 Å². The number of nitrogens with zero attached hydrogens (tertiary/aromatic N) is 1. The molecular weight excluding hydrogens is 282 g/mol. The number of nitro benzene ring substituents is 1. The van der Waals surface area contributed by atoms with E-state index in [0.29, 0.717) is 11.3 Å². The average molecular weight is 294 g/mol. The van der Waals surface area contributed by atoms with Crippen molar-refractivity contribution in [3.8, 4) is 11.5 Å². The Hall–Kier alpha value is -2.11. The normalized spacial score (nSPS) is 11.9. The largest absolute Gasteiger partial charge is 0.448 e. The SMILES string of the molecule is CC(O)c1ccccc1Oc1c(Cl)cccc1[N+](=O)[O-]. The number of para-hydroxylation sites is 2. The molecule has 1 unspecified atom stereocenters. The standard InChI is InChI=1S/C14H12ClNO4/c1-9(17)10-5-2-3-8-13(10)20-14-11(15)6-4-7-12(14)16(18)19/h2-9,17H,1H3. The first kappa shape index (κ1) is 14.3. The molecule has 5 nitrogen and oxygen atoms in total. The Morgan fingerprint density at radius 2 is 1.95 bits per heavy atom. The molecule has 6 heteroatoms. The number of hydrogen-bond donors (Lipinski definition) is 1. The molecule has 0 aromatic heterocycles. The van der Waals surface area contributed by atoms with Crippen LogP contribution in [0.2, 0.25) is 5.02 Å². The Labute approximate surface area is 120 Å². The molecule has 0 aliphatic heterocycles. The molecule has 0 amide bonds. The van der Waals surface area contributed by atoms with Crippen LogP contribution in [0, 0.1) is 10.1 Å². The van der Waals surface area contributed by atoms with E-state index in [4.69, 9.17) is 16.3 Å².